The molecule has 1 aromatic carbocycles. The lowest BCUT2D eigenvalue weighted by Crippen LogP contribution is -2.25. The van der Waals surface area contributed by atoms with Crippen LogP contribution in [0, 0.1) is 23.0 Å². The first-order chi connectivity index (χ1) is 7.93. The van der Waals surface area contributed by atoms with Gasteiger partial charge in [0.2, 0.25) is 0 Å². The maximum absolute atomic E-state index is 13.6. The molecule has 1 aromatic rings. The fourth-order valence-corrected chi connectivity index (χ4v) is 2.93. The second-order valence-electron chi connectivity index (χ2n) is 5.57. The third kappa shape index (κ3) is 2.21. The second kappa shape index (κ2) is 4.37. The van der Waals surface area contributed by atoms with Gasteiger partial charge in [-0.2, -0.15) is 0 Å². The Hall–Kier alpha value is -0.960. The van der Waals surface area contributed by atoms with Crippen LogP contribution in [0.1, 0.15) is 44.8 Å². The first kappa shape index (κ1) is 12.5. The van der Waals surface area contributed by atoms with Gasteiger partial charge in [-0.25, -0.2) is 8.78 Å². The van der Waals surface area contributed by atoms with Crippen molar-refractivity contribution in [2.24, 2.45) is 11.3 Å². The predicted molar refractivity (Wildman–Crippen MR) is 62.4 cm³/mol. The number of aliphatic hydroxyl groups excluding tert-OH is 1. The molecule has 2 unspecified atom stereocenters. The summed E-state index contributed by atoms with van der Waals surface area (Å²) in [6.45, 7) is 4.10. The Labute approximate surface area is 100 Å². The Morgan fingerprint density at radius 2 is 1.88 bits per heavy atom. The fourth-order valence-electron chi connectivity index (χ4n) is 2.93. The molecule has 0 amide bonds. The predicted octanol–water partition coefficient (Wildman–Crippen LogP) is 3.82. The van der Waals surface area contributed by atoms with Crippen molar-refractivity contribution in [1.82, 2.24) is 0 Å². The molecule has 0 aromatic heterocycles. The van der Waals surface area contributed by atoms with Crippen LogP contribution >= 0.6 is 0 Å². The number of aliphatic hydroxyl groups is 1. The third-order valence-electron chi connectivity index (χ3n) is 4.02. The molecule has 1 fully saturated rings. The van der Waals surface area contributed by atoms with Crippen molar-refractivity contribution in [1.29, 1.82) is 0 Å². The van der Waals surface area contributed by atoms with Crippen LogP contribution < -0.4 is 0 Å². The van der Waals surface area contributed by atoms with Crippen molar-refractivity contribution in [3.63, 3.8) is 0 Å². The third-order valence-corrected chi connectivity index (χ3v) is 4.02. The maximum atomic E-state index is 13.6. The molecule has 0 saturated heterocycles. The molecule has 1 N–H and O–H groups in total. The van der Waals surface area contributed by atoms with E-state index in [0.717, 1.165) is 19.3 Å². The summed E-state index contributed by atoms with van der Waals surface area (Å²) >= 11 is 0. The van der Waals surface area contributed by atoms with Gasteiger partial charge in [0.15, 0.2) is 0 Å². The zero-order valence-electron chi connectivity index (χ0n) is 10.2. The summed E-state index contributed by atoms with van der Waals surface area (Å²) in [7, 11) is 0. The average Bonchev–Trinajstić information content (AvgIpc) is 2.57. The van der Waals surface area contributed by atoms with Gasteiger partial charge in [0.1, 0.15) is 11.6 Å². The van der Waals surface area contributed by atoms with E-state index in [0.29, 0.717) is 0 Å². The molecule has 0 bridgehead atoms. The highest BCUT2D eigenvalue weighted by molar-refractivity contribution is 5.23. The normalized spacial score (nSPS) is 24.9. The van der Waals surface area contributed by atoms with Gasteiger partial charge >= 0.3 is 0 Å². The molecule has 2 atom stereocenters. The van der Waals surface area contributed by atoms with Crippen molar-refractivity contribution in [3.8, 4) is 0 Å². The number of hydrogen-bond acceptors (Lipinski definition) is 1. The Morgan fingerprint density at radius 3 is 2.35 bits per heavy atom. The second-order valence-corrected chi connectivity index (χ2v) is 5.57. The van der Waals surface area contributed by atoms with Gasteiger partial charge < -0.3 is 5.11 Å². The highest BCUT2D eigenvalue weighted by Gasteiger charge is 2.41. The van der Waals surface area contributed by atoms with Crippen molar-refractivity contribution in [2.45, 2.75) is 39.2 Å². The van der Waals surface area contributed by atoms with E-state index >= 15 is 0 Å². The zero-order chi connectivity index (χ0) is 12.6. The molecule has 1 saturated carbocycles. The topological polar surface area (TPSA) is 20.2 Å². The first-order valence-corrected chi connectivity index (χ1v) is 6.05. The summed E-state index contributed by atoms with van der Waals surface area (Å²) in [5, 5.41) is 10.2. The van der Waals surface area contributed by atoms with Crippen LogP contribution in [0.4, 0.5) is 8.78 Å². The van der Waals surface area contributed by atoms with Crippen molar-refractivity contribution < 1.29 is 13.9 Å². The smallest absolute Gasteiger partial charge is 0.131 e. The Kier molecular flexibility index (Phi) is 3.21. The molecule has 94 valence electrons. The highest BCUT2D eigenvalue weighted by Crippen LogP contribution is 2.49. The Morgan fingerprint density at radius 1 is 1.29 bits per heavy atom. The molecule has 1 aliphatic carbocycles. The number of hydrogen-bond donors (Lipinski definition) is 1. The lowest BCUT2D eigenvalue weighted by Gasteiger charge is -2.31. The van der Waals surface area contributed by atoms with Gasteiger partial charge in [-0.3, -0.25) is 0 Å². The quantitative estimate of drug-likeness (QED) is 0.833. The van der Waals surface area contributed by atoms with Gasteiger partial charge in [-0.15, -0.1) is 0 Å². The van der Waals surface area contributed by atoms with Crippen molar-refractivity contribution in [3.05, 3.63) is 35.4 Å². The summed E-state index contributed by atoms with van der Waals surface area (Å²) in [6, 6.07) is 3.72. The van der Waals surface area contributed by atoms with Crippen LogP contribution in [0.5, 0.6) is 0 Å². The van der Waals surface area contributed by atoms with E-state index in [2.05, 4.69) is 0 Å². The molecular weight excluding hydrogens is 222 g/mol. The van der Waals surface area contributed by atoms with Crippen LogP contribution in [0.2, 0.25) is 0 Å². The van der Waals surface area contributed by atoms with E-state index in [4.69, 9.17) is 0 Å². The van der Waals surface area contributed by atoms with Gasteiger partial charge in [0, 0.05) is 0 Å². The molecule has 0 spiro atoms. The number of rotatable bonds is 2. The SMILES string of the molecule is CC1(C)CCCC1C(O)c1c(F)cccc1F. The van der Waals surface area contributed by atoms with E-state index in [1.165, 1.54) is 18.2 Å². The first-order valence-electron chi connectivity index (χ1n) is 6.05. The molecule has 0 heterocycles. The Balaban J connectivity index is 2.34. The van der Waals surface area contributed by atoms with Gasteiger partial charge in [0.05, 0.1) is 11.7 Å². The molecule has 17 heavy (non-hydrogen) atoms. The summed E-state index contributed by atoms with van der Waals surface area (Å²) in [5.74, 6) is -1.38. The van der Waals surface area contributed by atoms with E-state index in [1.807, 2.05) is 13.8 Å². The van der Waals surface area contributed by atoms with Gasteiger partial charge in [0.25, 0.3) is 0 Å². The van der Waals surface area contributed by atoms with Gasteiger partial charge in [-0.1, -0.05) is 26.3 Å². The molecule has 0 radical (unpaired) electrons. The largest absolute Gasteiger partial charge is 0.388 e. The minimum atomic E-state index is -1.05. The molecular formula is C14H18F2O. The fraction of sp³-hybridized carbons (Fsp3) is 0.571. The number of benzene rings is 1. The van der Waals surface area contributed by atoms with E-state index in [1.54, 1.807) is 0 Å². The molecule has 1 aliphatic rings. The summed E-state index contributed by atoms with van der Waals surface area (Å²) in [5.41, 5.74) is -0.235. The summed E-state index contributed by atoms with van der Waals surface area (Å²) in [4.78, 5) is 0. The minimum absolute atomic E-state index is 0.0614. The van der Waals surface area contributed by atoms with Gasteiger partial charge in [-0.05, 0) is 36.3 Å². The summed E-state index contributed by atoms with van der Waals surface area (Å²) in [6.07, 6.45) is 1.77. The van der Waals surface area contributed by atoms with Crippen LogP contribution in [0.25, 0.3) is 0 Å². The summed E-state index contributed by atoms with van der Waals surface area (Å²) < 4.78 is 27.2. The zero-order valence-corrected chi connectivity index (χ0v) is 10.2. The molecule has 2 rings (SSSR count). The van der Waals surface area contributed by atoms with Crippen LogP contribution in [0.3, 0.4) is 0 Å². The lowest BCUT2D eigenvalue weighted by molar-refractivity contribution is 0.0476. The van der Waals surface area contributed by atoms with E-state index in [-0.39, 0.29) is 16.9 Å². The minimum Gasteiger partial charge on any atom is -0.388 e. The van der Waals surface area contributed by atoms with Crippen molar-refractivity contribution in [2.75, 3.05) is 0 Å². The molecule has 3 heteroatoms. The Bertz CT molecular complexity index is 394. The highest BCUT2D eigenvalue weighted by atomic mass is 19.1. The molecule has 0 aliphatic heterocycles. The number of halogens is 2. The van der Waals surface area contributed by atoms with E-state index < -0.39 is 17.7 Å². The monoisotopic (exact) mass is 240 g/mol. The van der Waals surface area contributed by atoms with Crippen LogP contribution in [0.15, 0.2) is 18.2 Å². The van der Waals surface area contributed by atoms with Crippen LogP contribution in [-0.2, 0) is 0 Å². The standard InChI is InChI=1S/C14H18F2O/c1-14(2)8-4-5-9(14)13(17)12-10(15)6-3-7-11(12)16/h3,6-7,9,13,17H,4-5,8H2,1-2H3. The average molecular weight is 240 g/mol. The van der Waals surface area contributed by atoms with Crippen LogP contribution in [-0.4, -0.2) is 5.11 Å². The van der Waals surface area contributed by atoms with E-state index in [9.17, 15) is 13.9 Å². The maximum Gasteiger partial charge on any atom is 0.131 e. The molecule has 1 nitrogen and oxygen atoms in total. The van der Waals surface area contributed by atoms with Crippen molar-refractivity contribution >= 4 is 0 Å². The lowest BCUT2D eigenvalue weighted by atomic mass is 9.76.